The second-order valence-corrected chi connectivity index (χ2v) is 7.88. The summed E-state index contributed by atoms with van der Waals surface area (Å²) in [6.45, 7) is 5.72. The third-order valence-corrected chi connectivity index (χ3v) is 3.63. The molecule has 1 saturated carbocycles. The Morgan fingerprint density at radius 2 is 1.81 bits per heavy atom. The van der Waals surface area contributed by atoms with Crippen molar-refractivity contribution in [2.24, 2.45) is 0 Å². The summed E-state index contributed by atoms with van der Waals surface area (Å²) in [6, 6.07) is 0.0978. The fourth-order valence-corrected chi connectivity index (χ4v) is 2.24. The molecule has 124 valence electrons. The average Bonchev–Trinajstić information content (AvgIpc) is 2.21. The van der Waals surface area contributed by atoms with E-state index in [4.69, 9.17) is 9.47 Å². The summed E-state index contributed by atoms with van der Waals surface area (Å²) >= 11 is 0. The van der Waals surface area contributed by atoms with Gasteiger partial charge in [0.05, 0.1) is 25.6 Å². The maximum Gasteiger partial charge on any atom is 0.410 e. The minimum absolute atomic E-state index is 0.0158. The highest BCUT2D eigenvalue weighted by molar-refractivity contribution is 7.85. The lowest BCUT2D eigenvalue weighted by atomic mass is 9.88. The maximum absolute atomic E-state index is 11.8. The van der Waals surface area contributed by atoms with Crippen molar-refractivity contribution in [1.82, 2.24) is 4.90 Å². The molecule has 0 aromatic heterocycles. The predicted octanol–water partition coefficient (Wildman–Crippen LogP) is 1.38. The Morgan fingerprint density at radius 3 is 2.29 bits per heavy atom. The van der Waals surface area contributed by atoms with Crippen molar-refractivity contribution < 1.29 is 26.9 Å². The van der Waals surface area contributed by atoms with E-state index in [0.717, 1.165) is 6.26 Å². The van der Waals surface area contributed by atoms with Gasteiger partial charge in [0.15, 0.2) is 0 Å². The van der Waals surface area contributed by atoms with Crippen LogP contribution in [0.15, 0.2) is 0 Å². The number of carbonyl (C=O) groups is 1. The Labute approximate surface area is 126 Å². The highest BCUT2D eigenvalue weighted by Gasteiger charge is 2.36. The molecule has 21 heavy (non-hydrogen) atoms. The van der Waals surface area contributed by atoms with Gasteiger partial charge in [-0.05, 0) is 33.6 Å². The van der Waals surface area contributed by atoms with Gasteiger partial charge >= 0.3 is 6.09 Å². The molecule has 1 amide bonds. The summed E-state index contributed by atoms with van der Waals surface area (Å²) < 4.78 is 36.8. The van der Waals surface area contributed by atoms with E-state index >= 15 is 0 Å². The molecule has 1 aliphatic carbocycles. The monoisotopic (exact) mass is 323 g/mol. The van der Waals surface area contributed by atoms with Crippen LogP contribution in [-0.2, 0) is 23.8 Å². The SMILES string of the molecule is CN(C(=O)OC(C)(C)C)C1CC(OCCOS(C)(=O)=O)C1. The standard InChI is InChI=1S/C13H25NO6S/c1-13(2,3)20-12(15)14(4)10-8-11(9-10)18-6-7-19-21(5,16)17/h10-11H,6-9H2,1-5H3. The highest BCUT2D eigenvalue weighted by Crippen LogP contribution is 2.28. The molecule has 0 unspecified atom stereocenters. The third kappa shape index (κ3) is 7.10. The first-order chi connectivity index (χ1) is 9.48. The Morgan fingerprint density at radius 1 is 1.24 bits per heavy atom. The summed E-state index contributed by atoms with van der Waals surface area (Å²) in [5, 5.41) is 0. The molecule has 0 N–H and O–H groups in total. The smallest absolute Gasteiger partial charge is 0.410 e. The van der Waals surface area contributed by atoms with Gasteiger partial charge < -0.3 is 14.4 Å². The van der Waals surface area contributed by atoms with E-state index in [1.54, 1.807) is 11.9 Å². The zero-order chi connectivity index (χ0) is 16.3. The van der Waals surface area contributed by atoms with Gasteiger partial charge in [-0.1, -0.05) is 0 Å². The number of ether oxygens (including phenoxy) is 2. The van der Waals surface area contributed by atoms with E-state index < -0.39 is 15.7 Å². The third-order valence-electron chi connectivity index (χ3n) is 3.03. The number of hydrogen-bond donors (Lipinski definition) is 0. The van der Waals surface area contributed by atoms with Crippen LogP contribution >= 0.6 is 0 Å². The minimum atomic E-state index is -3.41. The zero-order valence-corrected chi connectivity index (χ0v) is 14.1. The number of hydrogen-bond acceptors (Lipinski definition) is 6. The van der Waals surface area contributed by atoms with Crippen LogP contribution < -0.4 is 0 Å². The van der Waals surface area contributed by atoms with Crippen LogP contribution in [0.4, 0.5) is 4.79 Å². The van der Waals surface area contributed by atoms with E-state index in [9.17, 15) is 13.2 Å². The van der Waals surface area contributed by atoms with Crippen molar-refractivity contribution in [2.75, 3.05) is 26.5 Å². The maximum atomic E-state index is 11.8. The number of carbonyl (C=O) groups excluding carboxylic acids is 1. The predicted molar refractivity (Wildman–Crippen MR) is 77.6 cm³/mol. The molecule has 0 radical (unpaired) electrons. The second kappa shape index (κ2) is 6.93. The highest BCUT2D eigenvalue weighted by atomic mass is 32.2. The van der Waals surface area contributed by atoms with Crippen molar-refractivity contribution in [3.8, 4) is 0 Å². The van der Waals surface area contributed by atoms with Crippen molar-refractivity contribution in [3.63, 3.8) is 0 Å². The fraction of sp³-hybridized carbons (Fsp3) is 0.923. The molecule has 0 atom stereocenters. The van der Waals surface area contributed by atoms with E-state index in [1.165, 1.54) is 0 Å². The van der Waals surface area contributed by atoms with E-state index in [-0.39, 0.29) is 31.5 Å². The number of amides is 1. The van der Waals surface area contributed by atoms with Crippen molar-refractivity contribution in [2.45, 2.75) is 51.4 Å². The molecule has 7 nitrogen and oxygen atoms in total. The van der Waals surface area contributed by atoms with Gasteiger partial charge in [0.1, 0.15) is 5.60 Å². The van der Waals surface area contributed by atoms with Crippen LogP contribution in [0.1, 0.15) is 33.6 Å². The first kappa shape index (κ1) is 18.2. The Kier molecular flexibility index (Phi) is 6.01. The lowest BCUT2D eigenvalue weighted by Crippen LogP contribution is -2.50. The quantitative estimate of drug-likeness (QED) is 0.542. The van der Waals surface area contributed by atoms with Crippen LogP contribution in [0.3, 0.4) is 0 Å². The summed E-state index contributed by atoms with van der Waals surface area (Å²) in [5.74, 6) is 0. The van der Waals surface area contributed by atoms with Crippen LogP contribution in [0.2, 0.25) is 0 Å². The molecule has 0 aliphatic heterocycles. The molecule has 0 aromatic rings. The first-order valence-electron chi connectivity index (χ1n) is 6.90. The largest absolute Gasteiger partial charge is 0.444 e. The molecule has 1 rings (SSSR count). The lowest BCUT2D eigenvalue weighted by Gasteiger charge is -2.41. The Balaban J connectivity index is 2.19. The molecule has 0 heterocycles. The van der Waals surface area contributed by atoms with E-state index in [2.05, 4.69) is 4.18 Å². The summed E-state index contributed by atoms with van der Waals surface area (Å²) in [4.78, 5) is 13.4. The van der Waals surface area contributed by atoms with Gasteiger partial charge in [-0.2, -0.15) is 8.42 Å². The topological polar surface area (TPSA) is 82.1 Å². The molecule has 0 bridgehead atoms. The Hall–Kier alpha value is -0.860. The molecular weight excluding hydrogens is 298 g/mol. The first-order valence-corrected chi connectivity index (χ1v) is 8.71. The summed E-state index contributed by atoms with van der Waals surface area (Å²) in [7, 11) is -1.70. The molecule has 0 aromatic carbocycles. The average molecular weight is 323 g/mol. The molecule has 0 spiro atoms. The van der Waals surface area contributed by atoms with Crippen LogP contribution in [0, 0.1) is 0 Å². The van der Waals surface area contributed by atoms with Crippen LogP contribution in [-0.4, -0.2) is 63.7 Å². The molecule has 0 saturated heterocycles. The van der Waals surface area contributed by atoms with Gasteiger partial charge in [0, 0.05) is 13.1 Å². The molecule has 1 aliphatic rings. The number of rotatable bonds is 6. The van der Waals surface area contributed by atoms with Gasteiger partial charge in [-0.25, -0.2) is 4.79 Å². The number of nitrogens with zero attached hydrogens (tertiary/aromatic N) is 1. The normalized spacial score (nSPS) is 22.5. The van der Waals surface area contributed by atoms with E-state index in [1.807, 2.05) is 20.8 Å². The van der Waals surface area contributed by atoms with Crippen molar-refractivity contribution in [3.05, 3.63) is 0 Å². The van der Waals surface area contributed by atoms with Gasteiger partial charge in [-0.3, -0.25) is 4.18 Å². The lowest BCUT2D eigenvalue weighted by molar-refractivity contribution is -0.0566. The zero-order valence-electron chi connectivity index (χ0n) is 13.3. The van der Waals surface area contributed by atoms with Gasteiger partial charge in [-0.15, -0.1) is 0 Å². The summed E-state index contributed by atoms with van der Waals surface area (Å²) in [6.07, 6.45) is 2.13. The second-order valence-electron chi connectivity index (χ2n) is 6.24. The molecule has 1 fully saturated rings. The van der Waals surface area contributed by atoms with Crippen LogP contribution in [0.5, 0.6) is 0 Å². The van der Waals surface area contributed by atoms with Gasteiger partial charge in [0.2, 0.25) is 0 Å². The van der Waals surface area contributed by atoms with Crippen molar-refractivity contribution >= 4 is 16.2 Å². The summed E-state index contributed by atoms with van der Waals surface area (Å²) in [5.41, 5.74) is -0.506. The Bertz CT molecular complexity index is 450. The molecular formula is C13H25NO6S. The van der Waals surface area contributed by atoms with Crippen LogP contribution in [0.25, 0.3) is 0 Å². The minimum Gasteiger partial charge on any atom is -0.444 e. The van der Waals surface area contributed by atoms with Crippen molar-refractivity contribution in [1.29, 1.82) is 0 Å². The molecule has 8 heteroatoms. The fourth-order valence-electron chi connectivity index (χ4n) is 1.87. The van der Waals surface area contributed by atoms with E-state index in [0.29, 0.717) is 12.8 Å². The van der Waals surface area contributed by atoms with Gasteiger partial charge in [0.25, 0.3) is 10.1 Å².